The van der Waals surface area contributed by atoms with Gasteiger partial charge in [-0.25, -0.2) is 0 Å². The molecule has 110 valence electrons. The zero-order valence-electron chi connectivity index (χ0n) is 11.3. The van der Waals surface area contributed by atoms with Crippen LogP contribution in [0.5, 0.6) is 0 Å². The molecule has 2 nitrogen and oxygen atoms in total. The van der Waals surface area contributed by atoms with Gasteiger partial charge in [0.2, 0.25) is 0 Å². The van der Waals surface area contributed by atoms with Crippen LogP contribution in [0.15, 0.2) is 42.7 Å². The molecule has 1 aromatic carbocycles. The number of pyridine rings is 1. The van der Waals surface area contributed by atoms with Gasteiger partial charge in [0.25, 0.3) is 0 Å². The highest BCUT2D eigenvalue weighted by atomic mass is 19.4. The first kappa shape index (κ1) is 13.9. The molecule has 1 N–H and O–H groups in total. The summed E-state index contributed by atoms with van der Waals surface area (Å²) in [5.74, 6) is 0.0905. The molecule has 0 spiro atoms. The topological polar surface area (TPSA) is 24.9 Å². The lowest BCUT2D eigenvalue weighted by Gasteiger charge is -2.27. The minimum atomic E-state index is -4.33. The number of halogens is 3. The van der Waals surface area contributed by atoms with Crippen LogP contribution in [0.25, 0.3) is 0 Å². The molecule has 0 saturated heterocycles. The highest BCUT2D eigenvalue weighted by Gasteiger charge is 2.34. The number of anilines is 1. The van der Waals surface area contributed by atoms with E-state index in [9.17, 15) is 13.2 Å². The van der Waals surface area contributed by atoms with Gasteiger partial charge < -0.3 is 5.32 Å². The van der Waals surface area contributed by atoms with Crippen molar-refractivity contribution in [2.45, 2.75) is 24.9 Å². The second kappa shape index (κ2) is 5.39. The number of nitrogens with zero attached hydrogens (tertiary/aromatic N) is 1. The molecule has 2 aromatic rings. The van der Waals surface area contributed by atoms with Crippen LogP contribution in [0.2, 0.25) is 0 Å². The molecule has 5 heteroatoms. The summed E-state index contributed by atoms with van der Waals surface area (Å²) in [6, 6.07) is 8.86. The molecule has 1 aliphatic heterocycles. The average Bonchev–Trinajstić information content (AvgIpc) is 2.47. The number of fused-ring (bicyclic) bond motifs is 1. The van der Waals surface area contributed by atoms with Crippen LogP contribution >= 0.6 is 0 Å². The summed E-state index contributed by atoms with van der Waals surface area (Å²) in [6.45, 7) is 0.781. The molecule has 0 bridgehead atoms. The van der Waals surface area contributed by atoms with Crippen molar-refractivity contribution in [3.05, 3.63) is 59.4 Å². The minimum absolute atomic E-state index is 0.0905. The molecular weight excluding hydrogens is 277 g/mol. The maximum absolute atomic E-state index is 13.1. The van der Waals surface area contributed by atoms with Crippen molar-refractivity contribution >= 4 is 5.69 Å². The third kappa shape index (κ3) is 2.86. The largest absolute Gasteiger partial charge is 0.416 e. The number of hydrogen-bond acceptors (Lipinski definition) is 2. The summed E-state index contributed by atoms with van der Waals surface area (Å²) >= 11 is 0. The highest BCUT2D eigenvalue weighted by molar-refractivity contribution is 5.55. The van der Waals surface area contributed by atoms with Gasteiger partial charge in [-0.15, -0.1) is 0 Å². The van der Waals surface area contributed by atoms with Crippen molar-refractivity contribution in [3.63, 3.8) is 0 Å². The van der Waals surface area contributed by atoms with Crippen LogP contribution in [-0.4, -0.2) is 11.5 Å². The molecule has 1 aliphatic rings. The van der Waals surface area contributed by atoms with E-state index >= 15 is 0 Å². The molecular formula is C16H15F3N2. The van der Waals surface area contributed by atoms with E-state index in [0.29, 0.717) is 6.42 Å². The Hall–Kier alpha value is -2.04. The number of hydrogen-bond donors (Lipinski definition) is 1. The molecule has 3 rings (SSSR count). The third-order valence-electron chi connectivity index (χ3n) is 3.88. The number of rotatable bonds is 2. The lowest BCUT2D eigenvalue weighted by atomic mass is 9.85. The van der Waals surface area contributed by atoms with Crippen LogP contribution in [0.3, 0.4) is 0 Å². The van der Waals surface area contributed by atoms with Crippen LogP contribution < -0.4 is 5.32 Å². The van der Waals surface area contributed by atoms with E-state index in [1.807, 2.05) is 24.3 Å². The van der Waals surface area contributed by atoms with E-state index in [2.05, 4.69) is 10.3 Å². The van der Waals surface area contributed by atoms with Crippen LogP contribution in [0.1, 0.15) is 29.0 Å². The molecule has 1 unspecified atom stereocenters. The SMILES string of the molecule is FC(F)(F)c1ccncc1CC1CCNc2ccccc21. The molecule has 1 atom stereocenters. The molecule has 21 heavy (non-hydrogen) atoms. The van der Waals surface area contributed by atoms with Gasteiger partial charge in [-0.3, -0.25) is 4.98 Å². The number of alkyl halides is 3. The Labute approximate surface area is 121 Å². The summed E-state index contributed by atoms with van der Waals surface area (Å²) in [4.78, 5) is 3.86. The Kier molecular flexibility index (Phi) is 3.57. The molecule has 0 radical (unpaired) electrons. The summed E-state index contributed by atoms with van der Waals surface area (Å²) in [7, 11) is 0. The van der Waals surface area contributed by atoms with Crippen LogP contribution in [-0.2, 0) is 12.6 Å². The Balaban J connectivity index is 1.92. The van der Waals surface area contributed by atoms with Gasteiger partial charge in [0.15, 0.2) is 0 Å². The van der Waals surface area contributed by atoms with Gasteiger partial charge >= 0.3 is 6.18 Å². The lowest BCUT2D eigenvalue weighted by Crippen LogP contribution is -2.19. The molecule has 0 saturated carbocycles. The van der Waals surface area contributed by atoms with E-state index in [0.717, 1.165) is 30.3 Å². The van der Waals surface area contributed by atoms with Crippen molar-refractivity contribution in [2.24, 2.45) is 0 Å². The minimum Gasteiger partial charge on any atom is -0.385 e. The second-order valence-electron chi connectivity index (χ2n) is 5.23. The van der Waals surface area contributed by atoms with Crippen molar-refractivity contribution in [1.82, 2.24) is 4.98 Å². The van der Waals surface area contributed by atoms with Crippen LogP contribution in [0.4, 0.5) is 18.9 Å². The molecule has 0 amide bonds. The van der Waals surface area contributed by atoms with Crippen molar-refractivity contribution in [1.29, 1.82) is 0 Å². The summed E-state index contributed by atoms with van der Waals surface area (Å²) in [5.41, 5.74) is 1.80. The van der Waals surface area contributed by atoms with Crippen molar-refractivity contribution < 1.29 is 13.2 Å². The van der Waals surface area contributed by atoms with E-state index in [4.69, 9.17) is 0 Å². The van der Waals surface area contributed by atoms with Gasteiger partial charge in [0, 0.05) is 24.6 Å². The Morgan fingerprint density at radius 3 is 2.81 bits per heavy atom. The summed E-state index contributed by atoms with van der Waals surface area (Å²) in [5, 5.41) is 3.29. The number of aromatic nitrogens is 1. The highest BCUT2D eigenvalue weighted by Crippen LogP contribution is 2.37. The first-order valence-electron chi connectivity index (χ1n) is 6.88. The molecule has 0 fully saturated rings. The summed E-state index contributed by atoms with van der Waals surface area (Å²) < 4.78 is 39.2. The average molecular weight is 292 g/mol. The quantitative estimate of drug-likeness (QED) is 0.895. The fourth-order valence-corrected chi connectivity index (χ4v) is 2.89. The fraction of sp³-hybridized carbons (Fsp3) is 0.312. The third-order valence-corrected chi connectivity index (χ3v) is 3.88. The maximum atomic E-state index is 13.1. The maximum Gasteiger partial charge on any atom is 0.416 e. The smallest absolute Gasteiger partial charge is 0.385 e. The van der Waals surface area contributed by atoms with Gasteiger partial charge in [0.05, 0.1) is 5.56 Å². The van der Waals surface area contributed by atoms with Crippen molar-refractivity contribution in [3.8, 4) is 0 Å². The Morgan fingerprint density at radius 1 is 1.19 bits per heavy atom. The summed E-state index contributed by atoms with van der Waals surface area (Å²) in [6.07, 6.45) is -0.606. The van der Waals surface area contributed by atoms with Crippen molar-refractivity contribution in [2.75, 3.05) is 11.9 Å². The van der Waals surface area contributed by atoms with E-state index in [1.165, 1.54) is 12.4 Å². The normalized spacial score (nSPS) is 18.0. The Morgan fingerprint density at radius 2 is 2.00 bits per heavy atom. The number of benzene rings is 1. The lowest BCUT2D eigenvalue weighted by molar-refractivity contribution is -0.138. The zero-order valence-corrected chi connectivity index (χ0v) is 11.3. The second-order valence-corrected chi connectivity index (χ2v) is 5.23. The predicted molar refractivity (Wildman–Crippen MR) is 75.2 cm³/mol. The van der Waals surface area contributed by atoms with Gasteiger partial charge in [0.1, 0.15) is 0 Å². The monoisotopic (exact) mass is 292 g/mol. The number of para-hydroxylation sites is 1. The van der Waals surface area contributed by atoms with Gasteiger partial charge in [-0.05, 0) is 42.0 Å². The standard InChI is InChI=1S/C16H15F3N2/c17-16(18,19)14-6-7-20-10-12(14)9-11-5-8-21-15-4-2-1-3-13(11)15/h1-4,6-7,10-11,21H,5,8-9H2. The van der Waals surface area contributed by atoms with Crippen LogP contribution in [0, 0.1) is 0 Å². The van der Waals surface area contributed by atoms with E-state index < -0.39 is 11.7 Å². The fourth-order valence-electron chi connectivity index (χ4n) is 2.89. The predicted octanol–water partition coefficient (Wildman–Crippen LogP) is 4.24. The number of nitrogens with one attached hydrogen (secondary N) is 1. The first-order chi connectivity index (χ1) is 10.1. The zero-order chi connectivity index (χ0) is 14.9. The molecule has 2 heterocycles. The van der Waals surface area contributed by atoms with E-state index in [-0.39, 0.29) is 11.5 Å². The first-order valence-corrected chi connectivity index (χ1v) is 6.88. The van der Waals surface area contributed by atoms with Gasteiger partial charge in [-0.2, -0.15) is 13.2 Å². The Bertz CT molecular complexity index is 637. The van der Waals surface area contributed by atoms with E-state index in [1.54, 1.807) is 0 Å². The van der Waals surface area contributed by atoms with Gasteiger partial charge in [-0.1, -0.05) is 18.2 Å². The molecule has 1 aromatic heterocycles. The molecule has 0 aliphatic carbocycles.